The van der Waals surface area contributed by atoms with Crippen LogP contribution in [0.4, 0.5) is 19.1 Å². The number of carbonyl (C=O) groups excluding carboxylic acids is 1. The maximum atomic E-state index is 12.7. The Labute approximate surface area is 166 Å². The van der Waals surface area contributed by atoms with Crippen LogP contribution in [0, 0.1) is 0 Å². The number of nitrogens with two attached hydrogens (primary N) is 1. The standard InChI is InChI=1S/C18H17BrF3N3O3/c1-25-15(26)13-12(28-16(27)18(20,21)22)6-5-10(14(13)24-17(25)23)7-9-3-2-4-11(19)8-9/h2-4,8,10,12H,5-7H2,1H3,(H2,23,24). The number of alkyl halides is 3. The van der Waals surface area contributed by atoms with Gasteiger partial charge in [0, 0.05) is 17.4 Å². The van der Waals surface area contributed by atoms with Gasteiger partial charge < -0.3 is 10.5 Å². The minimum absolute atomic E-state index is 0.0412. The molecule has 0 amide bonds. The predicted octanol–water partition coefficient (Wildman–Crippen LogP) is 3.39. The van der Waals surface area contributed by atoms with Crippen LogP contribution in [-0.2, 0) is 23.0 Å². The van der Waals surface area contributed by atoms with Crippen LogP contribution in [0.25, 0.3) is 0 Å². The first kappa shape index (κ1) is 20.4. The zero-order valence-electron chi connectivity index (χ0n) is 14.8. The van der Waals surface area contributed by atoms with Crippen LogP contribution in [0.3, 0.4) is 0 Å². The van der Waals surface area contributed by atoms with Gasteiger partial charge in [0.15, 0.2) is 0 Å². The molecule has 3 rings (SSSR count). The van der Waals surface area contributed by atoms with Gasteiger partial charge in [0.1, 0.15) is 6.10 Å². The van der Waals surface area contributed by atoms with Crippen LogP contribution in [0.5, 0.6) is 0 Å². The van der Waals surface area contributed by atoms with E-state index in [2.05, 4.69) is 25.7 Å². The Morgan fingerprint density at radius 2 is 2.11 bits per heavy atom. The molecule has 1 heterocycles. The van der Waals surface area contributed by atoms with Crippen LogP contribution in [0.1, 0.15) is 41.7 Å². The first-order valence-electron chi connectivity index (χ1n) is 8.46. The van der Waals surface area contributed by atoms with E-state index in [1.54, 1.807) is 0 Å². The average Bonchev–Trinajstić information content (AvgIpc) is 2.61. The number of nitrogens with zero attached hydrogens (tertiary/aromatic N) is 2. The molecule has 6 nitrogen and oxygen atoms in total. The number of ether oxygens (including phenoxy) is 1. The Morgan fingerprint density at radius 1 is 1.39 bits per heavy atom. The van der Waals surface area contributed by atoms with Gasteiger partial charge in [-0.25, -0.2) is 9.78 Å². The van der Waals surface area contributed by atoms with Crippen molar-refractivity contribution in [3.05, 3.63) is 55.9 Å². The average molecular weight is 460 g/mol. The smallest absolute Gasteiger partial charge is 0.451 e. The number of hydrogen-bond donors (Lipinski definition) is 1. The molecule has 2 atom stereocenters. The summed E-state index contributed by atoms with van der Waals surface area (Å²) < 4.78 is 44.4. The summed E-state index contributed by atoms with van der Waals surface area (Å²) in [4.78, 5) is 28.3. The third kappa shape index (κ3) is 4.06. The van der Waals surface area contributed by atoms with Gasteiger partial charge in [-0.15, -0.1) is 0 Å². The van der Waals surface area contributed by atoms with Gasteiger partial charge in [0.05, 0.1) is 11.3 Å². The van der Waals surface area contributed by atoms with Gasteiger partial charge in [-0.05, 0) is 37.0 Å². The van der Waals surface area contributed by atoms with Crippen molar-refractivity contribution in [2.75, 3.05) is 5.73 Å². The Kier molecular flexibility index (Phi) is 5.51. The maximum Gasteiger partial charge on any atom is 0.490 e. The highest BCUT2D eigenvalue weighted by Crippen LogP contribution is 2.39. The molecule has 0 bridgehead atoms. The van der Waals surface area contributed by atoms with E-state index >= 15 is 0 Å². The molecule has 10 heteroatoms. The molecule has 0 radical (unpaired) electrons. The number of anilines is 1. The highest BCUT2D eigenvalue weighted by molar-refractivity contribution is 9.10. The van der Waals surface area contributed by atoms with Crippen molar-refractivity contribution in [1.82, 2.24) is 9.55 Å². The summed E-state index contributed by atoms with van der Waals surface area (Å²) in [5, 5.41) is 0. The molecule has 1 aliphatic rings. The van der Waals surface area contributed by atoms with Crippen LogP contribution < -0.4 is 11.3 Å². The molecule has 0 aliphatic heterocycles. The van der Waals surface area contributed by atoms with Gasteiger partial charge >= 0.3 is 12.1 Å². The Balaban J connectivity index is 2.01. The molecule has 28 heavy (non-hydrogen) atoms. The fourth-order valence-electron chi connectivity index (χ4n) is 3.36. The number of aromatic nitrogens is 2. The molecule has 2 N–H and O–H groups in total. The topological polar surface area (TPSA) is 87.2 Å². The molecule has 2 aromatic rings. The van der Waals surface area contributed by atoms with E-state index in [9.17, 15) is 22.8 Å². The molecular formula is C18H17BrF3N3O3. The molecule has 0 saturated carbocycles. The number of carbonyl (C=O) groups is 1. The summed E-state index contributed by atoms with van der Waals surface area (Å²) in [5.74, 6) is -2.61. The lowest BCUT2D eigenvalue weighted by molar-refractivity contribution is -0.206. The number of esters is 1. The van der Waals surface area contributed by atoms with E-state index in [1.807, 2.05) is 24.3 Å². The fourth-order valence-corrected chi connectivity index (χ4v) is 3.81. The van der Waals surface area contributed by atoms with Crippen molar-refractivity contribution < 1.29 is 22.7 Å². The summed E-state index contributed by atoms with van der Waals surface area (Å²) in [5.41, 5.74) is 6.40. The normalized spacial score (nSPS) is 19.2. The second-order valence-corrected chi connectivity index (χ2v) is 7.55. The van der Waals surface area contributed by atoms with E-state index in [0.717, 1.165) is 14.6 Å². The predicted molar refractivity (Wildman–Crippen MR) is 98.6 cm³/mol. The van der Waals surface area contributed by atoms with Gasteiger partial charge in [-0.1, -0.05) is 28.1 Å². The van der Waals surface area contributed by atoms with Gasteiger partial charge in [-0.3, -0.25) is 9.36 Å². The SMILES string of the molecule is Cn1c(N)nc2c(c1=O)C(OC(=O)C(F)(F)F)CCC2Cc1cccc(Br)c1. The Hall–Kier alpha value is -2.36. The molecule has 0 spiro atoms. The van der Waals surface area contributed by atoms with Crippen LogP contribution in [0.2, 0.25) is 0 Å². The zero-order valence-corrected chi connectivity index (χ0v) is 16.4. The third-order valence-electron chi connectivity index (χ3n) is 4.73. The summed E-state index contributed by atoms with van der Waals surface area (Å²) in [7, 11) is 1.37. The molecule has 0 fully saturated rings. The van der Waals surface area contributed by atoms with E-state index in [-0.39, 0.29) is 29.5 Å². The second kappa shape index (κ2) is 7.57. The maximum absolute atomic E-state index is 12.7. The number of rotatable bonds is 3. The highest BCUT2D eigenvalue weighted by atomic mass is 79.9. The van der Waals surface area contributed by atoms with Crippen molar-refractivity contribution in [2.45, 2.75) is 37.5 Å². The first-order chi connectivity index (χ1) is 13.1. The second-order valence-electron chi connectivity index (χ2n) is 6.63. The van der Waals surface area contributed by atoms with E-state index in [1.165, 1.54) is 7.05 Å². The molecular weight excluding hydrogens is 443 g/mol. The van der Waals surface area contributed by atoms with Crippen LogP contribution in [0.15, 0.2) is 33.5 Å². The minimum atomic E-state index is -5.14. The van der Waals surface area contributed by atoms with Crippen molar-refractivity contribution in [3.8, 4) is 0 Å². The van der Waals surface area contributed by atoms with Crippen molar-refractivity contribution in [3.63, 3.8) is 0 Å². The van der Waals surface area contributed by atoms with Crippen molar-refractivity contribution in [1.29, 1.82) is 0 Å². The van der Waals surface area contributed by atoms with Gasteiger partial charge in [0.25, 0.3) is 5.56 Å². The quantitative estimate of drug-likeness (QED) is 0.710. The number of nitrogen functional groups attached to an aromatic ring is 1. The first-order valence-corrected chi connectivity index (χ1v) is 9.25. The number of halogens is 4. The molecule has 150 valence electrons. The Morgan fingerprint density at radius 3 is 2.75 bits per heavy atom. The summed E-state index contributed by atoms with van der Waals surface area (Å²) >= 11 is 3.39. The van der Waals surface area contributed by atoms with Gasteiger partial charge in [-0.2, -0.15) is 13.2 Å². The van der Waals surface area contributed by atoms with Crippen LogP contribution >= 0.6 is 15.9 Å². The molecule has 1 aliphatic carbocycles. The van der Waals surface area contributed by atoms with Crippen molar-refractivity contribution >= 4 is 27.8 Å². The van der Waals surface area contributed by atoms with E-state index < -0.39 is 23.8 Å². The zero-order chi connectivity index (χ0) is 20.6. The highest BCUT2D eigenvalue weighted by Gasteiger charge is 2.44. The fraction of sp³-hybridized carbons (Fsp3) is 0.389. The van der Waals surface area contributed by atoms with Gasteiger partial charge in [0.2, 0.25) is 5.95 Å². The lowest BCUT2D eigenvalue weighted by Gasteiger charge is -2.30. The molecule has 2 unspecified atom stereocenters. The molecule has 1 aromatic heterocycles. The third-order valence-corrected chi connectivity index (χ3v) is 5.22. The van der Waals surface area contributed by atoms with Crippen LogP contribution in [-0.4, -0.2) is 21.7 Å². The van der Waals surface area contributed by atoms with Crippen molar-refractivity contribution in [2.24, 2.45) is 7.05 Å². The lowest BCUT2D eigenvalue weighted by atomic mass is 9.81. The minimum Gasteiger partial charge on any atom is -0.451 e. The summed E-state index contributed by atoms with van der Waals surface area (Å²) in [6, 6.07) is 7.56. The molecule has 0 saturated heterocycles. The lowest BCUT2D eigenvalue weighted by Crippen LogP contribution is -2.36. The van der Waals surface area contributed by atoms with E-state index in [4.69, 9.17) is 5.73 Å². The summed E-state index contributed by atoms with van der Waals surface area (Å²) in [6.07, 6.45) is -5.44. The largest absolute Gasteiger partial charge is 0.490 e. The summed E-state index contributed by atoms with van der Waals surface area (Å²) in [6.45, 7) is 0. The number of benzene rings is 1. The van der Waals surface area contributed by atoms with E-state index in [0.29, 0.717) is 12.8 Å². The monoisotopic (exact) mass is 459 g/mol. The Bertz CT molecular complexity index is 975. The molecule has 1 aromatic carbocycles. The number of fused-ring (bicyclic) bond motifs is 1. The number of hydrogen-bond acceptors (Lipinski definition) is 5.